The van der Waals surface area contributed by atoms with Crippen LogP contribution in [0.3, 0.4) is 0 Å². The van der Waals surface area contributed by atoms with E-state index in [1.54, 1.807) is 30.2 Å². The van der Waals surface area contributed by atoms with Crippen molar-refractivity contribution in [2.45, 2.75) is 18.2 Å². The minimum atomic E-state index is 0.654. The van der Waals surface area contributed by atoms with Gasteiger partial charge in [0.2, 0.25) is 5.13 Å². The smallest absolute Gasteiger partial charge is 0.206 e. The quantitative estimate of drug-likeness (QED) is 0.558. The Morgan fingerprint density at radius 1 is 1.23 bits per heavy atom. The summed E-state index contributed by atoms with van der Waals surface area (Å²) in [6.07, 6.45) is 0. The number of thioether (sulfide) groups is 1. The Morgan fingerprint density at radius 2 is 2.09 bits per heavy atom. The fourth-order valence-corrected chi connectivity index (χ4v) is 3.41. The average molecular weight is 339 g/mol. The Morgan fingerprint density at radius 3 is 2.91 bits per heavy atom. The molecule has 0 bridgehead atoms. The van der Waals surface area contributed by atoms with Crippen LogP contribution in [-0.4, -0.2) is 42.8 Å². The molecule has 0 saturated heterocycles. The summed E-state index contributed by atoms with van der Waals surface area (Å²) in [6, 6.07) is 6.25. The largest absolute Gasteiger partial charge is 0.492 e. The molecule has 1 N–H and O–H groups in total. The Balaban J connectivity index is 1.71. The van der Waals surface area contributed by atoms with E-state index in [-0.39, 0.29) is 0 Å². The molecule has 0 atom stereocenters. The molecule has 0 saturated carbocycles. The molecule has 0 aliphatic carbocycles. The molecular weight excluding hydrogens is 318 g/mol. The predicted molar refractivity (Wildman–Crippen MR) is 92.4 cm³/mol. The van der Waals surface area contributed by atoms with Gasteiger partial charge in [-0.15, -0.1) is 10.2 Å². The van der Waals surface area contributed by atoms with Crippen LogP contribution in [0.5, 0.6) is 5.75 Å². The second-order valence-electron chi connectivity index (χ2n) is 4.76. The summed E-state index contributed by atoms with van der Waals surface area (Å²) in [5, 5.41) is 12.2. The molecule has 0 amide bonds. The van der Waals surface area contributed by atoms with E-state index in [4.69, 9.17) is 9.47 Å². The molecule has 0 aliphatic heterocycles. The summed E-state index contributed by atoms with van der Waals surface area (Å²) in [5.74, 6) is 1.81. The number of ether oxygens (including phenoxy) is 2. The van der Waals surface area contributed by atoms with Gasteiger partial charge in [-0.3, -0.25) is 0 Å². The van der Waals surface area contributed by atoms with Gasteiger partial charge in [0.1, 0.15) is 5.75 Å². The molecule has 2 rings (SSSR count). The van der Waals surface area contributed by atoms with Crippen LogP contribution >= 0.6 is 23.1 Å². The second-order valence-corrected chi connectivity index (χ2v) is 7.08. The van der Waals surface area contributed by atoms with Gasteiger partial charge >= 0.3 is 0 Å². The van der Waals surface area contributed by atoms with Crippen LogP contribution in [-0.2, 0) is 4.74 Å². The number of benzene rings is 1. The molecule has 120 valence electrons. The van der Waals surface area contributed by atoms with Crippen LogP contribution in [0, 0.1) is 13.8 Å². The van der Waals surface area contributed by atoms with Crippen LogP contribution in [0.1, 0.15) is 11.1 Å². The lowest BCUT2D eigenvalue weighted by atomic mass is 10.1. The van der Waals surface area contributed by atoms with Crippen molar-refractivity contribution in [1.82, 2.24) is 10.2 Å². The van der Waals surface area contributed by atoms with Gasteiger partial charge in [-0.1, -0.05) is 35.2 Å². The summed E-state index contributed by atoms with van der Waals surface area (Å²) in [6.45, 7) is 6.18. The molecule has 7 heteroatoms. The highest BCUT2D eigenvalue weighted by molar-refractivity contribution is 8.01. The molecule has 5 nitrogen and oxygen atoms in total. The fraction of sp³-hybridized carbons (Fsp3) is 0.467. The number of methoxy groups -OCH3 is 1. The van der Waals surface area contributed by atoms with Gasteiger partial charge in [0.05, 0.1) is 13.2 Å². The lowest BCUT2D eigenvalue weighted by molar-refractivity contribution is 0.211. The topological polar surface area (TPSA) is 56.3 Å². The van der Waals surface area contributed by atoms with Crippen molar-refractivity contribution in [1.29, 1.82) is 0 Å². The Labute approximate surface area is 139 Å². The highest BCUT2D eigenvalue weighted by atomic mass is 32.2. The molecule has 0 fully saturated rings. The van der Waals surface area contributed by atoms with E-state index in [0.717, 1.165) is 33.1 Å². The van der Waals surface area contributed by atoms with Crippen molar-refractivity contribution < 1.29 is 9.47 Å². The molecule has 0 radical (unpaired) electrons. The molecule has 1 aromatic carbocycles. The first kappa shape index (κ1) is 17.1. The number of hydrogen-bond acceptors (Lipinski definition) is 7. The van der Waals surface area contributed by atoms with E-state index in [0.29, 0.717) is 13.2 Å². The number of hydrogen-bond donors (Lipinski definition) is 1. The van der Waals surface area contributed by atoms with Crippen LogP contribution in [0.2, 0.25) is 0 Å². The van der Waals surface area contributed by atoms with Crippen LogP contribution in [0.25, 0.3) is 0 Å². The van der Waals surface area contributed by atoms with Gasteiger partial charge < -0.3 is 14.8 Å². The van der Waals surface area contributed by atoms with Crippen molar-refractivity contribution in [2.75, 3.05) is 37.9 Å². The summed E-state index contributed by atoms with van der Waals surface area (Å²) in [4.78, 5) is 0. The fourth-order valence-electron chi connectivity index (χ4n) is 1.74. The number of rotatable bonds is 9. The van der Waals surface area contributed by atoms with Crippen LogP contribution in [0.4, 0.5) is 5.13 Å². The molecule has 22 heavy (non-hydrogen) atoms. The first-order valence-corrected chi connectivity index (χ1v) is 8.88. The monoisotopic (exact) mass is 339 g/mol. The molecule has 0 spiro atoms. The summed E-state index contributed by atoms with van der Waals surface area (Å²) in [5.41, 5.74) is 2.38. The third kappa shape index (κ3) is 5.47. The second kappa shape index (κ2) is 8.97. The van der Waals surface area contributed by atoms with Crippen molar-refractivity contribution >= 4 is 28.2 Å². The number of aromatic nitrogens is 2. The highest BCUT2D eigenvalue weighted by Crippen LogP contribution is 2.25. The minimum absolute atomic E-state index is 0.654. The summed E-state index contributed by atoms with van der Waals surface area (Å²) < 4.78 is 11.8. The van der Waals surface area contributed by atoms with E-state index >= 15 is 0 Å². The number of nitrogens with zero attached hydrogens (tertiary/aromatic N) is 2. The lowest BCUT2D eigenvalue weighted by Crippen LogP contribution is -2.06. The van der Waals surface area contributed by atoms with Crippen molar-refractivity contribution in [3.63, 3.8) is 0 Å². The lowest BCUT2D eigenvalue weighted by Gasteiger charge is -2.09. The number of anilines is 1. The maximum absolute atomic E-state index is 5.83. The SMILES string of the molecule is COCCNc1nnc(SCCOc2cc(C)ccc2C)s1. The van der Waals surface area contributed by atoms with Gasteiger partial charge in [0.25, 0.3) is 0 Å². The standard InChI is InChI=1S/C15H21N3O2S2/c1-11-4-5-12(2)13(10-11)20-8-9-21-15-18-17-14(22-15)16-6-7-19-3/h4-5,10H,6-9H2,1-3H3,(H,16,17). The Kier molecular flexibility index (Phi) is 6.95. The predicted octanol–water partition coefficient (Wildman–Crippen LogP) is 3.38. The van der Waals surface area contributed by atoms with Gasteiger partial charge in [-0.05, 0) is 31.0 Å². The van der Waals surface area contributed by atoms with E-state index in [2.05, 4.69) is 47.6 Å². The van der Waals surface area contributed by atoms with Crippen molar-refractivity contribution in [3.05, 3.63) is 29.3 Å². The molecule has 1 heterocycles. The minimum Gasteiger partial charge on any atom is -0.492 e. The van der Waals surface area contributed by atoms with Gasteiger partial charge in [-0.2, -0.15) is 0 Å². The first-order chi connectivity index (χ1) is 10.7. The Hall–Kier alpha value is -1.31. The molecular formula is C15H21N3O2S2. The molecule has 0 aliphatic rings. The van der Waals surface area contributed by atoms with Crippen molar-refractivity contribution in [2.24, 2.45) is 0 Å². The average Bonchev–Trinajstić information content (AvgIpc) is 2.95. The molecule has 1 aromatic heterocycles. The van der Waals surface area contributed by atoms with E-state index in [9.17, 15) is 0 Å². The van der Waals surface area contributed by atoms with Crippen LogP contribution < -0.4 is 10.1 Å². The zero-order valence-corrected chi connectivity index (χ0v) is 14.7. The van der Waals surface area contributed by atoms with Gasteiger partial charge in [0.15, 0.2) is 4.34 Å². The third-order valence-electron chi connectivity index (χ3n) is 2.90. The Bertz CT molecular complexity index is 590. The number of aryl methyl sites for hydroxylation is 2. The van der Waals surface area contributed by atoms with E-state index in [1.807, 2.05) is 0 Å². The summed E-state index contributed by atoms with van der Waals surface area (Å²) >= 11 is 3.21. The zero-order valence-electron chi connectivity index (χ0n) is 13.1. The molecule has 2 aromatic rings. The highest BCUT2D eigenvalue weighted by Gasteiger charge is 2.05. The number of nitrogens with one attached hydrogen (secondary N) is 1. The van der Waals surface area contributed by atoms with Gasteiger partial charge in [-0.25, -0.2) is 0 Å². The van der Waals surface area contributed by atoms with Gasteiger partial charge in [0, 0.05) is 19.4 Å². The van der Waals surface area contributed by atoms with E-state index in [1.165, 1.54) is 5.56 Å². The summed E-state index contributed by atoms with van der Waals surface area (Å²) in [7, 11) is 1.68. The zero-order chi connectivity index (χ0) is 15.8. The van der Waals surface area contributed by atoms with Crippen molar-refractivity contribution in [3.8, 4) is 5.75 Å². The maximum Gasteiger partial charge on any atom is 0.206 e. The third-order valence-corrected chi connectivity index (χ3v) is 4.88. The normalized spacial score (nSPS) is 10.7. The molecule has 0 unspecified atom stereocenters. The first-order valence-electron chi connectivity index (χ1n) is 7.08. The van der Waals surface area contributed by atoms with E-state index < -0.39 is 0 Å². The maximum atomic E-state index is 5.83. The van der Waals surface area contributed by atoms with Crippen LogP contribution in [0.15, 0.2) is 22.5 Å².